The first-order chi connectivity index (χ1) is 16.1. The van der Waals surface area contributed by atoms with E-state index in [1.54, 1.807) is 0 Å². The monoisotopic (exact) mass is 473 g/mol. The average Bonchev–Trinajstić information content (AvgIpc) is 2.79. The Kier molecular flexibility index (Phi) is 31.1. The van der Waals surface area contributed by atoms with Crippen LogP contribution in [0.2, 0.25) is 0 Å². The molecule has 198 valence electrons. The van der Waals surface area contributed by atoms with Crippen LogP contribution in [-0.2, 0) is 4.79 Å². The molecule has 0 aromatic rings. The van der Waals surface area contributed by atoms with Crippen molar-refractivity contribution in [1.29, 1.82) is 0 Å². The molecule has 0 radical (unpaired) electrons. The first-order valence-electron chi connectivity index (χ1n) is 15.1. The summed E-state index contributed by atoms with van der Waals surface area (Å²) in [6, 6.07) is 0.487. The molecule has 0 aliphatic heterocycles. The third-order valence-electron chi connectivity index (χ3n) is 7.22. The fraction of sp³-hybridized carbons (Fsp3) is 0.967. The topological polar surface area (TPSA) is 43.4 Å². The van der Waals surface area contributed by atoms with Gasteiger partial charge in [0.1, 0.15) is 0 Å². The van der Waals surface area contributed by atoms with Gasteiger partial charge in [0, 0.05) is 12.0 Å². The maximum Gasteiger partial charge on any atom is 1.00 e. The minimum absolute atomic E-state index is 0. The molecule has 3 nitrogen and oxygen atoms in total. The van der Waals surface area contributed by atoms with E-state index in [-0.39, 0.29) is 25.3 Å². The van der Waals surface area contributed by atoms with Crippen LogP contribution in [0.4, 0.5) is 0 Å². The molecule has 4 heteroatoms. The van der Waals surface area contributed by atoms with Gasteiger partial charge < -0.3 is 14.8 Å². The van der Waals surface area contributed by atoms with Gasteiger partial charge in [-0.15, -0.1) is 0 Å². The van der Waals surface area contributed by atoms with Gasteiger partial charge in [0.05, 0.1) is 0 Å². The van der Waals surface area contributed by atoms with E-state index in [0.717, 1.165) is 12.8 Å². The maximum atomic E-state index is 10.8. The molecule has 0 aliphatic rings. The van der Waals surface area contributed by atoms with Crippen LogP contribution in [0.3, 0.4) is 0 Å². The molecule has 0 aliphatic carbocycles. The minimum atomic E-state index is -0.905. The summed E-state index contributed by atoms with van der Waals surface area (Å²) in [5, 5.41) is 10.8. The number of carboxylic acid groups (broad SMARTS) is 1. The summed E-state index contributed by atoms with van der Waals surface area (Å²) < 4.78 is 0. The molecule has 0 spiro atoms. The SMILES string of the molecule is CCCCCCCCCCCCN(CCCCCCCCCCCC)C(C)CCCC(=O)[O-].[Li+]. The predicted molar refractivity (Wildman–Crippen MR) is 144 cm³/mol. The van der Waals surface area contributed by atoms with Gasteiger partial charge in [0.15, 0.2) is 0 Å². The van der Waals surface area contributed by atoms with Gasteiger partial charge in [-0.3, -0.25) is 0 Å². The second-order valence-corrected chi connectivity index (χ2v) is 10.5. The number of rotatable bonds is 27. The summed E-state index contributed by atoms with van der Waals surface area (Å²) in [5.41, 5.74) is 0. The van der Waals surface area contributed by atoms with Crippen LogP contribution < -0.4 is 24.0 Å². The fourth-order valence-electron chi connectivity index (χ4n) is 4.88. The smallest absolute Gasteiger partial charge is 0.550 e. The van der Waals surface area contributed by atoms with E-state index in [1.807, 2.05) is 0 Å². The largest absolute Gasteiger partial charge is 1.00 e. The summed E-state index contributed by atoms with van der Waals surface area (Å²) in [4.78, 5) is 13.4. The van der Waals surface area contributed by atoms with Crippen molar-refractivity contribution in [1.82, 2.24) is 4.90 Å². The molecule has 0 saturated heterocycles. The molecular weight excluding hydrogens is 413 g/mol. The van der Waals surface area contributed by atoms with Crippen LogP contribution in [0.5, 0.6) is 0 Å². The molecule has 0 rings (SSSR count). The van der Waals surface area contributed by atoms with Gasteiger partial charge in [0.25, 0.3) is 0 Å². The van der Waals surface area contributed by atoms with Gasteiger partial charge in [-0.1, -0.05) is 129 Å². The van der Waals surface area contributed by atoms with E-state index >= 15 is 0 Å². The normalized spacial score (nSPS) is 12.1. The third-order valence-corrected chi connectivity index (χ3v) is 7.22. The number of hydrogen-bond acceptors (Lipinski definition) is 3. The average molecular weight is 474 g/mol. The first kappa shape index (κ1) is 36.2. The first-order valence-corrected chi connectivity index (χ1v) is 15.1. The quantitative estimate of drug-likeness (QED) is 0.118. The Morgan fingerprint density at radius 3 is 1.24 bits per heavy atom. The molecule has 0 amide bonds. The summed E-state index contributed by atoms with van der Waals surface area (Å²) >= 11 is 0. The number of carboxylic acids is 1. The van der Waals surface area contributed by atoms with Gasteiger partial charge in [0.2, 0.25) is 0 Å². The second kappa shape index (κ2) is 29.3. The van der Waals surface area contributed by atoms with E-state index in [9.17, 15) is 9.90 Å². The van der Waals surface area contributed by atoms with Crippen molar-refractivity contribution < 1.29 is 28.8 Å². The van der Waals surface area contributed by atoms with E-state index in [2.05, 4.69) is 25.7 Å². The fourth-order valence-corrected chi connectivity index (χ4v) is 4.88. The number of aliphatic carboxylic acids is 1. The van der Waals surface area contributed by atoms with Crippen LogP contribution in [-0.4, -0.2) is 30.0 Å². The Bertz CT molecular complexity index is 381. The summed E-state index contributed by atoms with van der Waals surface area (Å²) in [6.07, 6.45) is 29.5. The van der Waals surface area contributed by atoms with Crippen molar-refractivity contribution in [2.24, 2.45) is 0 Å². The minimum Gasteiger partial charge on any atom is -0.550 e. The number of carbonyl (C=O) groups excluding carboxylic acids is 1. The van der Waals surface area contributed by atoms with Crippen molar-refractivity contribution >= 4 is 5.97 Å². The standard InChI is InChI=1S/C30H61NO2.Li/c1-4-6-8-10-12-14-16-18-20-22-27-31(29(3)25-24-26-30(32)33)28-23-21-19-17-15-13-11-9-7-5-2;/h29H,4-28H2,1-3H3,(H,32,33);/q;+1/p-1. The van der Waals surface area contributed by atoms with Crippen molar-refractivity contribution in [3.63, 3.8) is 0 Å². The van der Waals surface area contributed by atoms with Gasteiger partial charge in [-0.05, 0) is 52.1 Å². The van der Waals surface area contributed by atoms with Crippen molar-refractivity contribution in [2.75, 3.05) is 13.1 Å². The third kappa shape index (κ3) is 26.6. The molecule has 0 aromatic heterocycles. The predicted octanol–water partition coefficient (Wildman–Crippen LogP) is 5.44. The summed E-state index contributed by atoms with van der Waals surface area (Å²) in [7, 11) is 0. The van der Waals surface area contributed by atoms with Gasteiger partial charge in [-0.2, -0.15) is 0 Å². The molecule has 0 bridgehead atoms. The Hall–Kier alpha value is 0.0274. The van der Waals surface area contributed by atoms with E-state index in [1.165, 1.54) is 142 Å². The number of carbonyl (C=O) groups is 1. The molecule has 0 fully saturated rings. The number of hydrogen-bond donors (Lipinski definition) is 0. The molecule has 1 unspecified atom stereocenters. The maximum absolute atomic E-state index is 10.8. The van der Waals surface area contributed by atoms with Crippen molar-refractivity contribution in [3.05, 3.63) is 0 Å². The molecule has 34 heavy (non-hydrogen) atoms. The zero-order chi connectivity index (χ0) is 24.4. The van der Waals surface area contributed by atoms with Crippen molar-refractivity contribution in [3.8, 4) is 0 Å². The van der Waals surface area contributed by atoms with Crippen LogP contribution >= 0.6 is 0 Å². The van der Waals surface area contributed by atoms with Crippen LogP contribution in [0.15, 0.2) is 0 Å². The number of nitrogens with zero attached hydrogens (tertiary/aromatic N) is 1. The van der Waals surface area contributed by atoms with E-state index < -0.39 is 5.97 Å². The Labute approximate surface area is 226 Å². The van der Waals surface area contributed by atoms with E-state index in [0.29, 0.717) is 6.04 Å². The summed E-state index contributed by atoms with van der Waals surface area (Å²) in [6.45, 7) is 9.22. The summed E-state index contributed by atoms with van der Waals surface area (Å²) in [5.74, 6) is -0.905. The number of unbranched alkanes of at least 4 members (excludes halogenated alkanes) is 18. The Morgan fingerprint density at radius 1 is 0.588 bits per heavy atom. The van der Waals surface area contributed by atoms with Crippen LogP contribution in [0, 0.1) is 0 Å². The van der Waals surface area contributed by atoms with Crippen molar-refractivity contribution in [2.45, 2.75) is 174 Å². The second-order valence-electron chi connectivity index (χ2n) is 10.5. The van der Waals surface area contributed by atoms with Crippen LogP contribution in [0.25, 0.3) is 0 Å². The molecule has 1 atom stereocenters. The molecular formula is C30H60LiNO2. The molecule has 0 N–H and O–H groups in total. The zero-order valence-electron chi connectivity index (χ0n) is 24.0. The van der Waals surface area contributed by atoms with Gasteiger partial charge >= 0.3 is 18.9 Å². The van der Waals surface area contributed by atoms with Gasteiger partial charge in [-0.25, -0.2) is 0 Å². The molecule has 0 saturated carbocycles. The Balaban J connectivity index is 0. The van der Waals surface area contributed by atoms with E-state index in [4.69, 9.17) is 0 Å². The van der Waals surface area contributed by atoms with Crippen LogP contribution in [0.1, 0.15) is 168 Å². The molecule has 0 aromatic carbocycles. The molecule has 0 heterocycles. The zero-order valence-corrected chi connectivity index (χ0v) is 24.0. The Morgan fingerprint density at radius 2 is 0.912 bits per heavy atom.